The summed E-state index contributed by atoms with van der Waals surface area (Å²) in [5, 5.41) is 0. The summed E-state index contributed by atoms with van der Waals surface area (Å²) in [5.74, 6) is 0.107. The number of ether oxygens (including phenoxy) is 1. The fourth-order valence-corrected chi connectivity index (χ4v) is 4.00. The summed E-state index contributed by atoms with van der Waals surface area (Å²) >= 11 is 0. The number of amides is 1. The predicted octanol–water partition coefficient (Wildman–Crippen LogP) is 3.98. The molecular weight excluding hydrogens is 349 g/mol. The summed E-state index contributed by atoms with van der Waals surface area (Å²) in [5.41, 5.74) is 0.376. The topological polar surface area (TPSA) is 59.8 Å². The molecule has 0 saturated heterocycles. The second-order valence-electron chi connectivity index (χ2n) is 7.13. The van der Waals surface area contributed by atoms with Gasteiger partial charge in [0.15, 0.2) is 0 Å². The van der Waals surface area contributed by atoms with E-state index in [1.165, 1.54) is 19.2 Å². The van der Waals surface area contributed by atoms with Gasteiger partial charge < -0.3 is 14.1 Å². The molecule has 0 N–H and O–H groups in total. The molecule has 144 valence electrons. The molecule has 27 heavy (non-hydrogen) atoms. The summed E-state index contributed by atoms with van der Waals surface area (Å²) in [6.45, 7) is 1.91. The quantitative estimate of drug-likeness (QED) is 0.744. The van der Waals surface area contributed by atoms with E-state index in [4.69, 9.17) is 9.15 Å². The highest BCUT2D eigenvalue weighted by Crippen LogP contribution is 2.43. The molecule has 1 heterocycles. The highest BCUT2D eigenvalue weighted by Gasteiger charge is 2.44. The van der Waals surface area contributed by atoms with E-state index in [0.29, 0.717) is 29.9 Å². The van der Waals surface area contributed by atoms with E-state index in [2.05, 4.69) is 0 Å². The van der Waals surface area contributed by atoms with Gasteiger partial charge in [-0.25, -0.2) is 9.18 Å². The number of esters is 1. The summed E-state index contributed by atoms with van der Waals surface area (Å²) in [6, 6.07) is 7.93. The number of carbonyl (C=O) groups excluding carboxylic acids is 2. The summed E-state index contributed by atoms with van der Waals surface area (Å²) < 4.78 is 24.1. The van der Waals surface area contributed by atoms with Crippen LogP contribution in [0.15, 0.2) is 34.7 Å². The average molecular weight is 373 g/mol. The van der Waals surface area contributed by atoms with Crippen LogP contribution < -0.4 is 0 Å². The van der Waals surface area contributed by atoms with Crippen LogP contribution in [0.25, 0.3) is 0 Å². The Kier molecular flexibility index (Phi) is 5.35. The molecule has 0 aliphatic heterocycles. The first-order valence-electron chi connectivity index (χ1n) is 9.06. The Morgan fingerprint density at radius 3 is 2.59 bits per heavy atom. The Bertz CT molecular complexity index is 852. The summed E-state index contributed by atoms with van der Waals surface area (Å²) in [7, 11) is 3.02. The van der Waals surface area contributed by atoms with Crippen molar-refractivity contribution >= 4 is 11.9 Å². The van der Waals surface area contributed by atoms with Gasteiger partial charge in [-0.3, -0.25) is 4.79 Å². The van der Waals surface area contributed by atoms with Gasteiger partial charge >= 0.3 is 5.97 Å². The lowest BCUT2D eigenvalue weighted by Crippen LogP contribution is -2.43. The molecule has 2 aromatic rings. The van der Waals surface area contributed by atoms with Crippen molar-refractivity contribution in [2.45, 2.75) is 44.6 Å². The smallest absolute Gasteiger partial charge is 0.341 e. The van der Waals surface area contributed by atoms with Crippen molar-refractivity contribution in [1.29, 1.82) is 0 Å². The van der Waals surface area contributed by atoms with Gasteiger partial charge in [0.2, 0.25) is 5.91 Å². The molecule has 0 unspecified atom stereocenters. The highest BCUT2D eigenvalue weighted by atomic mass is 19.1. The maximum absolute atomic E-state index is 13.8. The molecule has 1 fully saturated rings. The monoisotopic (exact) mass is 373 g/mol. The van der Waals surface area contributed by atoms with Crippen LogP contribution in [0.5, 0.6) is 0 Å². The predicted molar refractivity (Wildman–Crippen MR) is 97.8 cm³/mol. The van der Waals surface area contributed by atoms with Gasteiger partial charge in [-0.15, -0.1) is 0 Å². The van der Waals surface area contributed by atoms with Crippen LogP contribution in [0.2, 0.25) is 0 Å². The SMILES string of the molecule is COC(=O)c1cc(CN(C)C(=O)C2(c3cccc(F)c3)CCCC2)oc1C. The normalized spacial score (nSPS) is 15.6. The molecule has 1 aliphatic rings. The standard InChI is InChI=1S/C21H24FNO4/c1-14-18(19(24)26-3)12-17(27-14)13-23(2)20(25)21(9-4-5-10-21)15-7-6-8-16(22)11-15/h6-8,11-12H,4-5,9-10,13H2,1-3H3. The van der Waals surface area contributed by atoms with Crippen molar-refractivity contribution in [2.75, 3.05) is 14.2 Å². The maximum atomic E-state index is 13.8. The van der Waals surface area contributed by atoms with Gasteiger partial charge in [0.1, 0.15) is 22.9 Å². The van der Waals surface area contributed by atoms with Crippen LogP contribution in [0, 0.1) is 12.7 Å². The lowest BCUT2D eigenvalue weighted by atomic mass is 9.77. The van der Waals surface area contributed by atoms with Crippen LogP contribution in [0.4, 0.5) is 4.39 Å². The second-order valence-corrected chi connectivity index (χ2v) is 7.13. The Balaban J connectivity index is 1.84. The minimum Gasteiger partial charge on any atom is -0.465 e. The Morgan fingerprint density at radius 2 is 1.96 bits per heavy atom. The minimum absolute atomic E-state index is 0.0562. The van der Waals surface area contributed by atoms with Crippen LogP contribution in [0.1, 0.15) is 53.1 Å². The molecule has 1 saturated carbocycles. The first-order chi connectivity index (χ1) is 12.9. The molecule has 1 aromatic heterocycles. The summed E-state index contributed by atoms with van der Waals surface area (Å²) in [4.78, 5) is 26.7. The molecule has 0 radical (unpaired) electrons. The van der Waals surface area contributed by atoms with Crippen molar-refractivity contribution in [3.63, 3.8) is 0 Å². The molecular formula is C21H24FNO4. The van der Waals surface area contributed by atoms with Gasteiger partial charge in [0.25, 0.3) is 0 Å². The molecule has 1 aliphatic carbocycles. The van der Waals surface area contributed by atoms with E-state index in [0.717, 1.165) is 18.4 Å². The van der Waals surface area contributed by atoms with Crippen molar-refractivity contribution in [3.05, 3.63) is 58.8 Å². The van der Waals surface area contributed by atoms with Crippen molar-refractivity contribution in [2.24, 2.45) is 0 Å². The first-order valence-corrected chi connectivity index (χ1v) is 9.06. The number of hydrogen-bond donors (Lipinski definition) is 0. The van der Waals surface area contributed by atoms with E-state index in [1.807, 2.05) is 6.07 Å². The van der Waals surface area contributed by atoms with Crippen molar-refractivity contribution in [1.82, 2.24) is 4.90 Å². The average Bonchev–Trinajstić information content (AvgIpc) is 3.28. The minimum atomic E-state index is -0.705. The zero-order valence-electron chi connectivity index (χ0n) is 15.9. The van der Waals surface area contributed by atoms with Crippen LogP contribution in [-0.4, -0.2) is 30.9 Å². The number of hydrogen-bond acceptors (Lipinski definition) is 4. The number of rotatable bonds is 5. The molecule has 1 amide bonds. The Morgan fingerprint density at radius 1 is 1.26 bits per heavy atom. The molecule has 0 atom stereocenters. The maximum Gasteiger partial charge on any atom is 0.341 e. The van der Waals surface area contributed by atoms with Crippen molar-refractivity contribution in [3.8, 4) is 0 Å². The number of carbonyl (C=O) groups is 2. The van der Waals surface area contributed by atoms with Gasteiger partial charge in [-0.1, -0.05) is 25.0 Å². The van der Waals surface area contributed by atoms with E-state index >= 15 is 0 Å². The number of likely N-dealkylation sites (N-methyl/N-ethyl adjacent to an activating group) is 1. The van der Waals surface area contributed by atoms with Gasteiger partial charge in [0, 0.05) is 7.05 Å². The van der Waals surface area contributed by atoms with E-state index in [9.17, 15) is 14.0 Å². The molecule has 3 rings (SSSR count). The fraction of sp³-hybridized carbons (Fsp3) is 0.429. The number of aryl methyl sites for hydroxylation is 1. The lowest BCUT2D eigenvalue weighted by molar-refractivity contribution is -0.136. The first kappa shape index (κ1) is 19.1. The van der Waals surface area contributed by atoms with Gasteiger partial charge in [0.05, 0.1) is 19.1 Å². The van der Waals surface area contributed by atoms with Crippen LogP contribution in [0.3, 0.4) is 0 Å². The lowest BCUT2D eigenvalue weighted by Gasteiger charge is -2.32. The third kappa shape index (κ3) is 3.61. The zero-order valence-corrected chi connectivity index (χ0v) is 15.9. The third-order valence-corrected chi connectivity index (χ3v) is 5.36. The number of benzene rings is 1. The van der Waals surface area contributed by atoms with Gasteiger partial charge in [-0.05, 0) is 43.5 Å². The fourth-order valence-electron chi connectivity index (χ4n) is 4.00. The highest BCUT2D eigenvalue weighted by molar-refractivity contribution is 5.91. The van der Waals surface area contributed by atoms with Crippen molar-refractivity contribution < 1.29 is 23.1 Å². The summed E-state index contributed by atoms with van der Waals surface area (Å²) in [6.07, 6.45) is 3.26. The van der Waals surface area contributed by atoms with Crippen LogP contribution >= 0.6 is 0 Å². The van der Waals surface area contributed by atoms with E-state index < -0.39 is 11.4 Å². The zero-order chi connectivity index (χ0) is 19.6. The second kappa shape index (κ2) is 7.55. The molecule has 5 nitrogen and oxygen atoms in total. The van der Waals surface area contributed by atoms with Crippen LogP contribution in [-0.2, 0) is 21.5 Å². The van der Waals surface area contributed by atoms with Gasteiger partial charge in [-0.2, -0.15) is 0 Å². The molecule has 1 aromatic carbocycles. The number of furan rings is 1. The Labute approximate surface area is 158 Å². The number of halogens is 1. The third-order valence-electron chi connectivity index (χ3n) is 5.36. The number of methoxy groups -OCH3 is 1. The Hall–Kier alpha value is -2.63. The largest absolute Gasteiger partial charge is 0.465 e. The van der Waals surface area contributed by atoms with E-state index in [-0.39, 0.29) is 18.3 Å². The molecule has 0 bridgehead atoms. The number of nitrogens with zero attached hydrogens (tertiary/aromatic N) is 1. The van der Waals surface area contributed by atoms with E-state index in [1.54, 1.807) is 31.0 Å². The molecule has 6 heteroatoms. The molecule has 0 spiro atoms.